The van der Waals surface area contributed by atoms with Crippen molar-refractivity contribution in [1.29, 1.82) is 0 Å². The summed E-state index contributed by atoms with van der Waals surface area (Å²) < 4.78 is 10.9. The predicted molar refractivity (Wildman–Crippen MR) is 106 cm³/mol. The van der Waals surface area contributed by atoms with E-state index in [1.807, 2.05) is 54.6 Å². The molecule has 0 saturated heterocycles. The van der Waals surface area contributed by atoms with Crippen molar-refractivity contribution in [2.45, 2.75) is 19.6 Å². The Balaban J connectivity index is 1.75. The second kappa shape index (κ2) is 9.28. The van der Waals surface area contributed by atoms with E-state index < -0.39 is 12.0 Å². The first kappa shape index (κ1) is 19.8. The van der Waals surface area contributed by atoms with Crippen molar-refractivity contribution in [2.75, 3.05) is 12.5 Å². The molecular weight excluding hydrogens is 380 g/mol. The molecule has 1 atom stereocenters. The fourth-order valence-electron chi connectivity index (χ4n) is 2.92. The number of ether oxygens (including phenoxy) is 2. The van der Waals surface area contributed by atoms with E-state index in [-0.39, 0.29) is 18.5 Å². The van der Waals surface area contributed by atoms with Crippen LogP contribution in [0.15, 0.2) is 65.9 Å². The third kappa shape index (κ3) is 4.84. The number of carbonyl (C=O) groups is 2. The Morgan fingerprint density at radius 3 is 2.50 bits per heavy atom. The van der Waals surface area contributed by atoms with Gasteiger partial charge in [-0.05, 0) is 30.2 Å². The van der Waals surface area contributed by atoms with Crippen molar-refractivity contribution in [1.82, 2.24) is 10.6 Å². The van der Waals surface area contributed by atoms with E-state index in [1.165, 1.54) is 0 Å². The number of alkyl halides is 1. The molecule has 1 heterocycles. The van der Waals surface area contributed by atoms with Crippen LogP contribution in [0, 0.1) is 0 Å². The Kier molecular flexibility index (Phi) is 6.55. The second-order valence-electron chi connectivity index (χ2n) is 6.24. The van der Waals surface area contributed by atoms with Gasteiger partial charge >= 0.3 is 12.0 Å². The molecule has 0 aliphatic carbocycles. The molecule has 1 aliphatic rings. The molecule has 7 heteroatoms. The van der Waals surface area contributed by atoms with E-state index in [4.69, 9.17) is 21.1 Å². The highest BCUT2D eigenvalue weighted by atomic mass is 35.5. The van der Waals surface area contributed by atoms with Crippen LogP contribution in [0.5, 0.6) is 5.75 Å². The number of urea groups is 1. The van der Waals surface area contributed by atoms with Gasteiger partial charge in [0, 0.05) is 5.70 Å². The van der Waals surface area contributed by atoms with Crippen LogP contribution in [0.1, 0.15) is 24.1 Å². The molecule has 0 aromatic heterocycles. The summed E-state index contributed by atoms with van der Waals surface area (Å²) in [5, 5.41) is 5.37. The molecule has 1 aliphatic heterocycles. The fraction of sp³-hybridized carbons (Fsp3) is 0.238. The normalized spacial score (nSPS) is 16.2. The van der Waals surface area contributed by atoms with Gasteiger partial charge in [0.1, 0.15) is 19.0 Å². The summed E-state index contributed by atoms with van der Waals surface area (Å²) in [4.78, 5) is 24.3. The highest BCUT2D eigenvalue weighted by molar-refractivity contribution is 6.18. The average Bonchev–Trinajstić information content (AvgIpc) is 2.71. The summed E-state index contributed by atoms with van der Waals surface area (Å²) in [7, 11) is 0. The number of benzene rings is 2. The zero-order chi connectivity index (χ0) is 19.9. The van der Waals surface area contributed by atoms with Gasteiger partial charge in [0.2, 0.25) is 0 Å². The van der Waals surface area contributed by atoms with Crippen molar-refractivity contribution in [3.05, 3.63) is 77.0 Å². The highest BCUT2D eigenvalue weighted by Crippen LogP contribution is 2.29. The minimum atomic E-state index is -0.611. The molecule has 0 bridgehead atoms. The molecule has 28 heavy (non-hydrogen) atoms. The van der Waals surface area contributed by atoms with Gasteiger partial charge < -0.3 is 20.1 Å². The monoisotopic (exact) mass is 400 g/mol. The van der Waals surface area contributed by atoms with E-state index in [0.717, 1.165) is 11.1 Å². The largest absolute Gasteiger partial charge is 0.489 e. The van der Waals surface area contributed by atoms with Crippen LogP contribution in [-0.4, -0.2) is 24.5 Å². The number of rotatable bonds is 7. The van der Waals surface area contributed by atoms with Crippen molar-refractivity contribution >= 4 is 23.6 Å². The standard InChI is InChI=1S/C21H21ClN2O4/c1-14-18(20(25)27-12-11-22)19(24-21(26)23-14)16-7-9-17(10-8-16)28-13-15-5-3-2-4-6-15/h2-10,19H,11-13H2,1H3,(H2,23,24,26)/t19-/m0/s1. The molecule has 2 aromatic rings. The lowest BCUT2D eigenvalue weighted by atomic mass is 9.95. The Bertz CT molecular complexity index is 866. The number of nitrogens with one attached hydrogen (secondary N) is 2. The van der Waals surface area contributed by atoms with E-state index in [0.29, 0.717) is 23.6 Å². The molecule has 0 radical (unpaired) electrons. The summed E-state index contributed by atoms with van der Waals surface area (Å²) in [6.07, 6.45) is 0. The quantitative estimate of drug-likeness (QED) is 0.549. The lowest BCUT2D eigenvalue weighted by molar-refractivity contribution is -0.139. The third-order valence-corrected chi connectivity index (χ3v) is 4.42. The van der Waals surface area contributed by atoms with Crippen molar-refractivity contribution < 1.29 is 19.1 Å². The molecular formula is C21H21ClN2O4. The lowest BCUT2D eigenvalue weighted by Gasteiger charge is -2.28. The average molecular weight is 401 g/mol. The molecule has 0 saturated carbocycles. The van der Waals surface area contributed by atoms with Gasteiger partial charge in [0.05, 0.1) is 17.5 Å². The van der Waals surface area contributed by atoms with Crippen LogP contribution in [0.4, 0.5) is 4.79 Å². The van der Waals surface area contributed by atoms with E-state index in [2.05, 4.69) is 10.6 Å². The SMILES string of the molecule is CC1=C(C(=O)OCCCl)[C@H](c2ccc(OCc3ccccc3)cc2)NC(=O)N1. The molecule has 0 unspecified atom stereocenters. The maximum atomic E-state index is 12.4. The number of allylic oxidation sites excluding steroid dienone is 1. The maximum absolute atomic E-state index is 12.4. The van der Waals surface area contributed by atoms with Crippen LogP contribution < -0.4 is 15.4 Å². The van der Waals surface area contributed by atoms with Gasteiger partial charge in [-0.15, -0.1) is 11.6 Å². The summed E-state index contributed by atoms with van der Waals surface area (Å²) >= 11 is 5.60. The first-order valence-corrected chi connectivity index (χ1v) is 9.40. The maximum Gasteiger partial charge on any atom is 0.338 e. The molecule has 0 fully saturated rings. The zero-order valence-corrected chi connectivity index (χ0v) is 16.2. The first-order chi connectivity index (χ1) is 13.6. The molecule has 3 rings (SSSR count). The Morgan fingerprint density at radius 2 is 1.82 bits per heavy atom. The van der Waals surface area contributed by atoms with Crippen molar-refractivity contribution in [3.63, 3.8) is 0 Å². The molecule has 0 spiro atoms. The van der Waals surface area contributed by atoms with Gasteiger partial charge in [0.25, 0.3) is 0 Å². The van der Waals surface area contributed by atoms with E-state index >= 15 is 0 Å². The number of carbonyl (C=O) groups excluding carboxylic acids is 2. The molecule has 6 nitrogen and oxygen atoms in total. The molecule has 2 amide bonds. The summed E-state index contributed by atoms with van der Waals surface area (Å²) in [5.74, 6) is 0.385. The predicted octanol–water partition coefficient (Wildman–Crippen LogP) is 3.68. The smallest absolute Gasteiger partial charge is 0.338 e. The fourth-order valence-corrected chi connectivity index (χ4v) is 3.00. The number of hydrogen-bond donors (Lipinski definition) is 2. The van der Waals surface area contributed by atoms with Crippen molar-refractivity contribution in [2.24, 2.45) is 0 Å². The molecule has 2 aromatic carbocycles. The Hall–Kier alpha value is -2.99. The van der Waals surface area contributed by atoms with Crippen LogP contribution in [0.25, 0.3) is 0 Å². The van der Waals surface area contributed by atoms with E-state index in [9.17, 15) is 9.59 Å². The third-order valence-electron chi connectivity index (χ3n) is 4.26. The summed E-state index contributed by atoms with van der Waals surface area (Å²) in [6, 6.07) is 16.1. The van der Waals surface area contributed by atoms with Crippen LogP contribution in [0.3, 0.4) is 0 Å². The van der Waals surface area contributed by atoms with Gasteiger partial charge in [0.15, 0.2) is 0 Å². The topological polar surface area (TPSA) is 76.7 Å². The lowest BCUT2D eigenvalue weighted by Crippen LogP contribution is -2.45. The van der Waals surface area contributed by atoms with Crippen LogP contribution in [-0.2, 0) is 16.1 Å². The van der Waals surface area contributed by atoms with Gasteiger partial charge in [-0.2, -0.15) is 0 Å². The van der Waals surface area contributed by atoms with Crippen LogP contribution in [0.2, 0.25) is 0 Å². The van der Waals surface area contributed by atoms with Gasteiger partial charge in [-0.25, -0.2) is 9.59 Å². The highest BCUT2D eigenvalue weighted by Gasteiger charge is 2.32. The number of halogens is 1. The first-order valence-electron chi connectivity index (χ1n) is 8.86. The zero-order valence-electron chi connectivity index (χ0n) is 15.4. The summed E-state index contributed by atoms with van der Waals surface area (Å²) in [6.45, 7) is 2.23. The minimum Gasteiger partial charge on any atom is -0.489 e. The van der Waals surface area contributed by atoms with Crippen LogP contribution >= 0.6 is 11.6 Å². The van der Waals surface area contributed by atoms with E-state index in [1.54, 1.807) is 6.92 Å². The number of amides is 2. The Morgan fingerprint density at radius 1 is 1.11 bits per heavy atom. The Labute approximate surface area is 168 Å². The molecule has 146 valence electrons. The second-order valence-corrected chi connectivity index (χ2v) is 6.62. The summed E-state index contributed by atoms with van der Waals surface area (Å²) in [5.41, 5.74) is 2.62. The number of hydrogen-bond acceptors (Lipinski definition) is 4. The van der Waals surface area contributed by atoms with Gasteiger partial charge in [-0.1, -0.05) is 42.5 Å². The minimum absolute atomic E-state index is 0.101. The van der Waals surface area contributed by atoms with Crippen molar-refractivity contribution in [3.8, 4) is 5.75 Å². The molecule has 2 N–H and O–H groups in total. The van der Waals surface area contributed by atoms with Gasteiger partial charge in [-0.3, -0.25) is 0 Å². The number of esters is 1.